The van der Waals surface area contributed by atoms with E-state index in [2.05, 4.69) is 28.9 Å². The fraction of sp³-hybridized carbons (Fsp3) is 0.182. The van der Waals surface area contributed by atoms with Crippen LogP contribution in [-0.4, -0.2) is 13.7 Å². The van der Waals surface area contributed by atoms with Crippen LogP contribution in [0.5, 0.6) is 0 Å². The van der Waals surface area contributed by atoms with Gasteiger partial charge in [0.15, 0.2) is 0 Å². The number of nitrogens with zero attached hydrogens (tertiary/aromatic N) is 3. The third kappa shape index (κ3) is 2.76. The quantitative estimate of drug-likeness (QED) is 0.485. The Morgan fingerprint density at radius 2 is 1.61 bits per heavy atom. The highest BCUT2D eigenvalue weighted by Gasteiger charge is 2.21. The number of aromatic nitrogens is 3. The van der Waals surface area contributed by atoms with Gasteiger partial charge in [0.2, 0.25) is 0 Å². The average molecular weight is 438 g/mol. The SMILES string of the molecule is CCc1ccccc1-n1cc2c(c1-c1ccc(Br)cc1)c(=O)n(C)c(=O)n2C. The lowest BCUT2D eigenvalue weighted by Gasteiger charge is -2.13. The molecule has 28 heavy (non-hydrogen) atoms. The minimum Gasteiger partial charge on any atom is -0.313 e. The molecule has 0 aliphatic heterocycles. The number of aryl methyl sites for hydroxylation is 2. The van der Waals surface area contributed by atoms with Crippen LogP contribution in [0.2, 0.25) is 0 Å². The van der Waals surface area contributed by atoms with E-state index >= 15 is 0 Å². The molecule has 4 aromatic rings. The molecule has 0 amide bonds. The Bertz CT molecular complexity index is 1310. The summed E-state index contributed by atoms with van der Waals surface area (Å²) in [6, 6.07) is 16.0. The Labute approximate surface area is 170 Å². The number of hydrogen-bond acceptors (Lipinski definition) is 2. The number of fused-ring (bicyclic) bond motifs is 1. The van der Waals surface area contributed by atoms with E-state index in [-0.39, 0.29) is 11.2 Å². The Morgan fingerprint density at radius 3 is 2.29 bits per heavy atom. The Hall–Kier alpha value is -2.86. The smallest absolute Gasteiger partial charge is 0.313 e. The third-order valence-corrected chi connectivity index (χ3v) is 5.72. The molecule has 142 valence electrons. The van der Waals surface area contributed by atoms with Crippen molar-refractivity contribution >= 4 is 26.8 Å². The van der Waals surface area contributed by atoms with Gasteiger partial charge < -0.3 is 4.57 Å². The first kappa shape index (κ1) is 18.5. The maximum atomic E-state index is 13.1. The van der Waals surface area contributed by atoms with Gasteiger partial charge in [-0.1, -0.05) is 53.2 Å². The van der Waals surface area contributed by atoms with Gasteiger partial charge in [-0.3, -0.25) is 13.9 Å². The molecule has 0 atom stereocenters. The summed E-state index contributed by atoms with van der Waals surface area (Å²) >= 11 is 3.47. The largest absolute Gasteiger partial charge is 0.330 e. The van der Waals surface area contributed by atoms with Crippen LogP contribution in [0.1, 0.15) is 12.5 Å². The molecule has 2 aromatic carbocycles. The van der Waals surface area contributed by atoms with E-state index in [1.807, 2.05) is 53.2 Å². The molecule has 2 aromatic heterocycles. The highest BCUT2D eigenvalue weighted by molar-refractivity contribution is 9.10. The van der Waals surface area contributed by atoms with E-state index in [9.17, 15) is 9.59 Å². The fourth-order valence-corrected chi connectivity index (χ4v) is 3.93. The van der Waals surface area contributed by atoms with Crippen LogP contribution in [0.15, 0.2) is 68.8 Å². The van der Waals surface area contributed by atoms with Crippen molar-refractivity contribution in [3.8, 4) is 16.9 Å². The van der Waals surface area contributed by atoms with Crippen molar-refractivity contribution in [3.63, 3.8) is 0 Å². The Kier molecular flexibility index (Phi) is 4.59. The van der Waals surface area contributed by atoms with Crippen LogP contribution < -0.4 is 11.2 Å². The average Bonchev–Trinajstić information content (AvgIpc) is 3.11. The molecule has 0 saturated carbocycles. The van der Waals surface area contributed by atoms with E-state index in [4.69, 9.17) is 0 Å². The predicted molar refractivity (Wildman–Crippen MR) is 116 cm³/mol. The van der Waals surface area contributed by atoms with Crippen molar-refractivity contribution in [2.75, 3.05) is 0 Å². The van der Waals surface area contributed by atoms with Gasteiger partial charge in [-0.25, -0.2) is 4.79 Å². The van der Waals surface area contributed by atoms with Crippen molar-refractivity contribution in [2.45, 2.75) is 13.3 Å². The fourth-order valence-electron chi connectivity index (χ4n) is 3.67. The first-order chi connectivity index (χ1) is 13.4. The second kappa shape index (κ2) is 6.95. The van der Waals surface area contributed by atoms with Gasteiger partial charge in [0.1, 0.15) is 0 Å². The van der Waals surface area contributed by atoms with Crippen molar-refractivity contribution in [2.24, 2.45) is 14.1 Å². The third-order valence-electron chi connectivity index (χ3n) is 5.19. The highest BCUT2D eigenvalue weighted by atomic mass is 79.9. The Balaban J connectivity index is 2.22. The molecular formula is C22H20BrN3O2. The number of para-hydroxylation sites is 1. The van der Waals surface area contributed by atoms with E-state index in [1.165, 1.54) is 21.7 Å². The molecule has 0 fully saturated rings. The minimum atomic E-state index is -0.333. The minimum absolute atomic E-state index is 0.288. The van der Waals surface area contributed by atoms with Gasteiger partial charge in [0, 0.05) is 30.5 Å². The van der Waals surface area contributed by atoms with Gasteiger partial charge in [-0.15, -0.1) is 0 Å². The molecule has 0 N–H and O–H groups in total. The summed E-state index contributed by atoms with van der Waals surface area (Å²) in [5, 5.41) is 0.540. The summed E-state index contributed by atoms with van der Waals surface area (Å²) in [5.41, 5.74) is 3.89. The zero-order valence-corrected chi connectivity index (χ0v) is 17.5. The molecule has 6 heteroatoms. The zero-order chi connectivity index (χ0) is 20.0. The van der Waals surface area contributed by atoms with Gasteiger partial charge in [-0.05, 0) is 35.7 Å². The Morgan fingerprint density at radius 1 is 0.929 bits per heavy atom. The van der Waals surface area contributed by atoms with Crippen LogP contribution in [0.3, 0.4) is 0 Å². The van der Waals surface area contributed by atoms with Crippen LogP contribution in [0.4, 0.5) is 0 Å². The van der Waals surface area contributed by atoms with Crippen LogP contribution in [0, 0.1) is 0 Å². The second-order valence-electron chi connectivity index (χ2n) is 6.80. The van der Waals surface area contributed by atoms with E-state index < -0.39 is 0 Å². The topological polar surface area (TPSA) is 48.9 Å². The number of hydrogen-bond donors (Lipinski definition) is 0. The van der Waals surface area contributed by atoms with Crippen molar-refractivity contribution in [3.05, 3.63) is 85.6 Å². The highest BCUT2D eigenvalue weighted by Crippen LogP contribution is 2.32. The van der Waals surface area contributed by atoms with Crippen LogP contribution in [0.25, 0.3) is 27.8 Å². The molecule has 2 heterocycles. The van der Waals surface area contributed by atoms with Crippen LogP contribution >= 0.6 is 15.9 Å². The van der Waals surface area contributed by atoms with Gasteiger partial charge >= 0.3 is 5.69 Å². The summed E-state index contributed by atoms with van der Waals surface area (Å²) in [6.07, 6.45) is 2.76. The summed E-state index contributed by atoms with van der Waals surface area (Å²) in [7, 11) is 3.22. The van der Waals surface area contributed by atoms with Crippen molar-refractivity contribution in [1.29, 1.82) is 0 Å². The summed E-state index contributed by atoms with van der Waals surface area (Å²) in [5.74, 6) is 0. The number of benzene rings is 2. The normalized spacial score (nSPS) is 11.3. The van der Waals surface area contributed by atoms with Gasteiger partial charge in [0.05, 0.1) is 16.6 Å². The first-order valence-electron chi connectivity index (χ1n) is 9.09. The molecule has 0 unspecified atom stereocenters. The summed E-state index contributed by atoms with van der Waals surface area (Å²) < 4.78 is 5.70. The summed E-state index contributed by atoms with van der Waals surface area (Å²) in [4.78, 5) is 25.6. The predicted octanol–water partition coefficient (Wildman–Crippen LogP) is 4.02. The molecule has 0 radical (unpaired) electrons. The monoisotopic (exact) mass is 437 g/mol. The van der Waals surface area contributed by atoms with E-state index in [0.29, 0.717) is 10.9 Å². The molecule has 0 bridgehead atoms. The number of rotatable bonds is 3. The lowest BCUT2D eigenvalue weighted by atomic mass is 10.1. The molecule has 4 rings (SSSR count). The molecule has 5 nitrogen and oxygen atoms in total. The number of halogens is 1. The van der Waals surface area contributed by atoms with Crippen LogP contribution in [-0.2, 0) is 20.5 Å². The van der Waals surface area contributed by atoms with Crippen molar-refractivity contribution in [1.82, 2.24) is 13.7 Å². The maximum Gasteiger partial charge on any atom is 0.330 e. The maximum absolute atomic E-state index is 13.1. The molecule has 0 aliphatic carbocycles. The van der Waals surface area contributed by atoms with Crippen molar-refractivity contribution < 1.29 is 0 Å². The second-order valence-corrected chi connectivity index (χ2v) is 7.72. The first-order valence-corrected chi connectivity index (χ1v) is 9.88. The molecule has 0 saturated heterocycles. The molecule has 0 spiro atoms. The van der Waals surface area contributed by atoms with Gasteiger partial charge in [0.25, 0.3) is 5.56 Å². The lowest BCUT2D eigenvalue weighted by Crippen LogP contribution is -2.36. The standard InChI is InChI=1S/C22H20BrN3O2/c1-4-14-7-5-6-8-17(14)26-13-18-19(21(27)25(3)22(28)24(18)2)20(26)15-9-11-16(23)12-10-15/h5-13H,4H2,1-3H3. The van der Waals surface area contributed by atoms with E-state index in [1.54, 1.807) is 7.05 Å². The lowest BCUT2D eigenvalue weighted by molar-refractivity contribution is 0.714. The van der Waals surface area contributed by atoms with E-state index in [0.717, 1.165) is 27.8 Å². The molecular weight excluding hydrogens is 418 g/mol. The zero-order valence-electron chi connectivity index (χ0n) is 15.9. The molecule has 0 aliphatic rings. The summed E-state index contributed by atoms with van der Waals surface area (Å²) in [6.45, 7) is 2.11. The van der Waals surface area contributed by atoms with Gasteiger partial charge in [-0.2, -0.15) is 0 Å².